The Morgan fingerprint density at radius 1 is 0.957 bits per heavy atom. The van der Waals surface area contributed by atoms with Gasteiger partial charge in [-0.1, -0.05) is 60.3 Å². The maximum Gasteiger partial charge on any atom is 0.339 e. The maximum absolute atomic E-state index is 13.5. The number of rotatable bonds is 14. The SMILES string of the molecule is COc1ccccc1N1CCN(CCCCCCOC(=O)C2=C(C)NC(C)=C(C(=O)OC(Cl)Cl)C2c2cccc([N+](=O)[O-])c2)CC1. The minimum absolute atomic E-state index is 0.0630. The van der Waals surface area contributed by atoms with Gasteiger partial charge in [0.2, 0.25) is 0 Å². The van der Waals surface area contributed by atoms with Gasteiger partial charge in [-0.15, -0.1) is 0 Å². The molecule has 1 fully saturated rings. The first-order valence-electron chi connectivity index (χ1n) is 15.3. The lowest BCUT2D eigenvalue weighted by atomic mass is 9.80. The minimum Gasteiger partial charge on any atom is -0.495 e. The molecular formula is C33H40Cl2N4O7. The molecule has 46 heavy (non-hydrogen) atoms. The number of carbonyl (C=O) groups is 2. The van der Waals surface area contributed by atoms with Crippen LogP contribution in [0.5, 0.6) is 5.75 Å². The number of nitro groups is 1. The van der Waals surface area contributed by atoms with E-state index in [1.54, 1.807) is 27.0 Å². The number of nitrogens with one attached hydrogen (secondary N) is 1. The second-order valence-electron chi connectivity index (χ2n) is 11.2. The van der Waals surface area contributed by atoms with Gasteiger partial charge in [-0.3, -0.25) is 15.0 Å². The predicted octanol–water partition coefficient (Wildman–Crippen LogP) is 6.07. The third-order valence-corrected chi connectivity index (χ3v) is 8.39. The van der Waals surface area contributed by atoms with Crippen LogP contribution in [0.4, 0.5) is 11.4 Å². The van der Waals surface area contributed by atoms with Crippen molar-refractivity contribution < 1.29 is 28.7 Å². The molecule has 4 rings (SSSR count). The van der Waals surface area contributed by atoms with E-state index in [-0.39, 0.29) is 23.4 Å². The van der Waals surface area contributed by atoms with Crippen molar-refractivity contribution in [1.29, 1.82) is 0 Å². The van der Waals surface area contributed by atoms with Gasteiger partial charge in [-0.05, 0) is 50.9 Å². The first-order valence-corrected chi connectivity index (χ1v) is 16.2. The van der Waals surface area contributed by atoms with Crippen LogP contribution in [0.1, 0.15) is 51.0 Å². The fraction of sp³-hybridized carbons (Fsp3) is 0.455. The Morgan fingerprint density at radius 2 is 1.63 bits per heavy atom. The van der Waals surface area contributed by atoms with Gasteiger partial charge in [-0.25, -0.2) is 9.59 Å². The molecule has 0 amide bonds. The Balaban J connectivity index is 1.29. The van der Waals surface area contributed by atoms with E-state index in [0.29, 0.717) is 23.4 Å². The Morgan fingerprint density at radius 3 is 2.30 bits per heavy atom. The van der Waals surface area contributed by atoms with Crippen molar-refractivity contribution in [3.8, 4) is 5.75 Å². The zero-order valence-corrected chi connectivity index (χ0v) is 27.8. The highest BCUT2D eigenvalue weighted by Crippen LogP contribution is 2.40. The second-order valence-corrected chi connectivity index (χ2v) is 12.2. The van der Waals surface area contributed by atoms with Crippen LogP contribution in [0.15, 0.2) is 71.1 Å². The van der Waals surface area contributed by atoms with E-state index in [0.717, 1.165) is 63.4 Å². The molecule has 13 heteroatoms. The lowest BCUT2D eigenvalue weighted by Gasteiger charge is -2.36. The van der Waals surface area contributed by atoms with Crippen molar-refractivity contribution in [2.45, 2.75) is 50.5 Å². The summed E-state index contributed by atoms with van der Waals surface area (Å²) in [5.74, 6) is -1.57. The molecule has 0 saturated carbocycles. The van der Waals surface area contributed by atoms with E-state index < -0.39 is 27.8 Å². The highest BCUT2D eigenvalue weighted by atomic mass is 35.5. The monoisotopic (exact) mass is 674 g/mol. The molecule has 2 aliphatic heterocycles. The normalized spacial score (nSPS) is 17.2. The quantitative estimate of drug-likeness (QED) is 0.0830. The third-order valence-electron chi connectivity index (χ3n) is 8.21. The molecule has 1 saturated heterocycles. The van der Waals surface area contributed by atoms with Crippen LogP contribution in [0, 0.1) is 10.1 Å². The molecule has 1 unspecified atom stereocenters. The Bertz CT molecular complexity index is 1470. The molecule has 0 radical (unpaired) electrons. The molecule has 2 aromatic carbocycles. The van der Waals surface area contributed by atoms with E-state index in [4.69, 9.17) is 37.4 Å². The van der Waals surface area contributed by atoms with Crippen molar-refractivity contribution >= 4 is 46.5 Å². The number of hydrogen-bond donors (Lipinski definition) is 1. The molecule has 2 aliphatic rings. The third kappa shape index (κ3) is 8.92. The van der Waals surface area contributed by atoms with Gasteiger partial charge in [0.15, 0.2) is 0 Å². The minimum atomic E-state index is -1.44. The average Bonchev–Trinajstić information content (AvgIpc) is 3.03. The molecular weight excluding hydrogens is 635 g/mol. The molecule has 0 bridgehead atoms. The highest BCUT2D eigenvalue weighted by molar-refractivity contribution is 6.43. The number of anilines is 1. The van der Waals surface area contributed by atoms with Crippen LogP contribution in [0.25, 0.3) is 0 Å². The zero-order valence-electron chi connectivity index (χ0n) is 26.3. The number of allylic oxidation sites excluding steroid dienone is 2. The van der Waals surface area contributed by atoms with Crippen molar-refractivity contribution in [1.82, 2.24) is 10.2 Å². The van der Waals surface area contributed by atoms with Crippen LogP contribution >= 0.6 is 23.2 Å². The Hall–Kier alpha value is -3.80. The van der Waals surface area contributed by atoms with Gasteiger partial charge in [0.1, 0.15) is 5.75 Å². The van der Waals surface area contributed by atoms with Crippen LogP contribution in [-0.2, 0) is 19.1 Å². The number of halogens is 2. The molecule has 11 nitrogen and oxygen atoms in total. The Kier molecular flexibility index (Phi) is 12.7. The number of para-hydroxylation sites is 2. The number of alkyl halides is 2. The average molecular weight is 676 g/mol. The molecule has 2 aromatic rings. The summed E-state index contributed by atoms with van der Waals surface area (Å²) in [5.41, 5.74) is 2.40. The standard InChI is InChI=1S/C33H40Cl2N4O7/c1-22-28(30(24-11-10-12-25(21-24)39(42)43)29(23(2)36-22)32(41)46-33(34)35)31(40)45-20-9-5-4-8-15-37-16-18-38(19-17-37)26-13-6-7-14-27(26)44-3/h6-7,10-14,21,30,33,36H,4-5,8-9,15-20H2,1-3H3. The number of non-ortho nitro benzene ring substituents is 1. The van der Waals surface area contributed by atoms with Crippen LogP contribution in [0.3, 0.4) is 0 Å². The van der Waals surface area contributed by atoms with Crippen molar-refractivity contribution in [2.75, 3.05) is 51.3 Å². The fourth-order valence-corrected chi connectivity index (χ4v) is 6.13. The topological polar surface area (TPSA) is 123 Å². The highest BCUT2D eigenvalue weighted by Gasteiger charge is 2.39. The summed E-state index contributed by atoms with van der Waals surface area (Å²) in [7, 11) is 1.70. The first-order chi connectivity index (χ1) is 22.1. The van der Waals surface area contributed by atoms with Crippen LogP contribution < -0.4 is 15.0 Å². The number of piperazine rings is 1. The summed E-state index contributed by atoms with van der Waals surface area (Å²) >= 11 is 11.4. The summed E-state index contributed by atoms with van der Waals surface area (Å²) in [4.78, 5) is 42.4. The van der Waals surface area contributed by atoms with Gasteiger partial charge in [0.25, 0.3) is 10.7 Å². The summed E-state index contributed by atoms with van der Waals surface area (Å²) in [6.07, 6.45) is 3.62. The van der Waals surface area contributed by atoms with Crippen LogP contribution in [0.2, 0.25) is 0 Å². The van der Waals surface area contributed by atoms with Gasteiger partial charge in [-0.2, -0.15) is 0 Å². The lowest BCUT2D eigenvalue weighted by Crippen LogP contribution is -2.46. The number of carbonyl (C=O) groups excluding carboxylic acids is 2. The number of nitrogens with zero attached hydrogens (tertiary/aromatic N) is 3. The number of nitro benzene ring substituents is 1. The summed E-state index contributed by atoms with van der Waals surface area (Å²) in [6, 6.07) is 13.9. The number of hydrogen-bond acceptors (Lipinski definition) is 10. The number of esters is 2. The molecule has 0 aliphatic carbocycles. The van der Waals surface area contributed by atoms with Crippen molar-refractivity contribution in [3.63, 3.8) is 0 Å². The van der Waals surface area contributed by atoms with E-state index >= 15 is 0 Å². The smallest absolute Gasteiger partial charge is 0.339 e. The fourth-order valence-electron chi connectivity index (χ4n) is 5.97. The second kappa shape index (κ2) is 16.7. The predicted molar refractivity (Wildman–Crippen MR) is 177 cm³/mol. The van der Waals surface area contributed by atoms with E-state index in [1.807, 2.05) is 18.2 Å². The van der Waals surface area contributed by atoms with E-state index in [1.165, 1.54) is 18.2 Å². The van der Waals surface area contributed by atoms with Crippen molar-refractivity contribution in [2.24, 2.45) is 0 Å². The van der Waals surface area contributed by atoms with Crippen molar-refractivity contribution in [3.05, 3.63) is 86.7 Å². The van der Waals surface area contributed by atoms with Gasteiger partial charge >= 0.3 is 11.9 Å². The largest absolute Gasteiger partial charge is 0.495 e. The number of benzene rings is 2. The number of ether oxygens (including phenoxy) is 3. The number of methoxy groups -OCH3 is 1. The lowest BCUT2D eigenvalue weighted by molar-refractivity contribution is -0.384. The van der Waals surface area contributed by atoms with Gasteiger partial charge < -0.3 is 24.4 Å². The van der Waals surface area contributed by atoms with E-state index in [9.17, 15) is 19.7 Å². The Labute approximate surface area is 279 Å². The summed E-state index contributed by atoms with van der Waals surface area (Å²) in [5, 5.41) is 13.1. The molecule has 0 spiro atoms. The summed E-state index contributed by atoms with van der Waals surface area (Å²) < 4.78 is 16.2. The molecule has 248 valence electrons. The first kappa shape index (κ1) is 35.1. The molecule has 0 aromatic heterocycles. The zero-order chi connectivity index (χ0) is 33.2. The molecule has 2 heterocycles. The molecule has 1 N–H and O–H groups in total. The maximum atomic E-state index is 13.5. The molecule has 1 atom stereocenters. The van der Waals surface area contributed by atoms with Gasteiger partial charge in [0, 0.05) is 49.7 Å². The number of dihydropyridines is 1. The van der Waals surface area contributed by atoms with Crippen LogP contribution in [-0.4, -0.2) is 73.2 Å². The summed E-state index contributed by atoms with van der Waals surface area (Å²) in [6.45, 7) is 8.42. The number of unbranched alkanes of at least 4 members (excludes halogenated alkanes) is 3. The van der Waals surface area contributed by atoms with Gasteiger partial charge in [0.05, 0.1) is 41.4 Å². The van der Waals surface area contributed by atoms with E-state index in [2.05, 4.69) is 21.2 Å².